The molecule has 146 valence electrons. The highest BCUT2D eigenvalue weighted by Gasteiger charge is 2.21. The molecule has 0 bridgehead atoms. The van der Waals surface area contributed by atoms with Crippen molar-refractivity contribution in [1.29, 1.82) is 0 Å². The van der Waals surface area contributed by atoms with Crippen molar-refractivity contribution < 1.29 is 14.3 Å². The van der Waals surface area contributed by atoms with Gasteiger partial charge in [0.1, 0.15) is 5.56 Å². The van der Waals surface area contributed by atoms with Gasteiger partial charge in [0.25, 0.3) is 5.91 Å². The molecule has 0 saturated carbocycles. The number of likely N-dealkylation sites (N-methyl/N-ethyl adjacent to an activating group) is 1. The van der Waals surface area contributed by atoms with E-state index in [1.54, 1.807) is 34.9 Å². The SMILES string of the molecule is Cc1nn(Cc2ccccc2)c(C)c1C(=O)OCC(=O)N(C)Cc1cccs1. The Hall–Kier alpha value is -2.93. The first-order valence-corrected chi connectivity index (χ1v) is 9.85. The van der Waals surface area contributed by atoms with Crippen molar-refractivity contribution in [3.8, 4) is 0 Å². The van der Waals surface area contributed by atoms with Crippen LogP contribution < -0.4 is 0 Å². The van der Waals surface area contributed by atoms with Crippen molar-refractivity contribution in [3.05, 3.63) is 75.2 Å². The van der Waals surface area contributed by atoms with Gasteiger partial charge in [-0.1, -0.05) is 36.4 Å². The summed E-state index contributed by atoms with van der Waals surface area (Å²) in [5, 5.41) is 6.43. The number of thiophene rings is 1. The van der Waals surface area contributed by atoms with Crippen LogP contribution in [0.25, 0.3) is 0 Å². The Bertz CT molecular complexity index is 949. The number of rotatable bonds is 7. The lowest BCUT2D eigenvalue weighted by molar-refractivity contribution is -0.133. The monoisotopic (exact) mass is 397 g/mol. The summed E-state index contributed by atoms with van der Waals surface area (Å²) < 4.78 is 7.06. The summed E-state index contributed by atoms with van der Waals surface area (Å²) >= 11 is 1.58. The second-order valence-corrected chi connectivity index (χ2v) is 7.63. The summed E-state index contributed by atoms with van der Waals surface area (Å²) in [4.78, 5) is 27.4. The number of amides is 1. The number of ether oxygens (including phenoxy) is 1. The number of nitrogens with zero attached hydrogens (tertiary/aromatic N) is 3. The maximum atomic E-state index is 12.6. The second kappa shape index (κ2) is 8.84. The van der Waals surface area contributed by atoms with Crippen LogP contribution in [0.1, 0.15) is 32.2 Å². The Labute approximate surface area is 168 Å². The van der Waals surface area contributed by atoms with Crippen LogP contribution in [0.3, 0.4) is 0 Å². The summed E-state index contributed by atoms with van der Waals surface area (Å²) in [5.74, 6) is -0.763. The van der Waals surface area contributed by atoms with Crippen LogP contribution in [-0.4, -0.2) is 40.2 Å². The molecule has 0 N–H and O–H groups in total. The molecular weight excluding hydrogens is 374 g/mol. The molecule has 7 heteroatoms. The fourth-order valence-corrected chi connectivity index (χ4v) is 3.69. The average Bonchev–Trinajstić information content (AvgIpc) is 3.28. The summed E-state index contributed by atoms with van der Waals surface area (Å²) in [7, 11) is 1.70. The summed E-state index contributed by atoms with van der Waals surface area (Å²) in [6.45, 7) is 4.40. The lowest BCUT2D eigenvalue weighted by atomic mass is 10.2. The Kier molecular flexibility index (Phi) is 6.26. The van der Waals surface area contributed by atoms with E-state index in [9.17, 15) is 9.59 Å². The molecule has 0 spiro atoms. The van der Waals surface area contributed by atoms with Crippen LogP contribution in [0.2, 0.25) is 0 Å². The first kappa shape index (κ1) is 19.8. The molecule has 0 saturated heterocycles. The smallest absolute Gasteiger partial charge is 0.342 e. The average molecular weight is 398 g/mol. The zero-order chi connectivity index (χ0) is 20.1. The molecule has 1 amide bonds. The molecule has 2 aromatic heterocycles. The van der Waals surface area contributed by atoms with E-state index in [4.69, 9.17) is 4.74 Å². The van der Waals surface area contributed by atoms with Crippen LogP contribution in [0.15, 0.2) is 47.8 Å². The molecule has 0 aliphatic rings. The van der Waals surface area contributed by atoms with Crippen molar-refractivity contribution in [2.24, 2.45) is 0 Å². The van der Waals surface area contributed by atoms with Gasteiger partial charge in [0.15, 0.2) is 6.61 Å². The van der Waals surface area contributed by atoms with Crippen LogP contribution in [0.4, 0.5) is 0 Å². The van der Waals surface area contributed by atoms with Gasteiger partial charge in [-0.2, -0.15) is 5.10 Å². The van der Waals surface area contributed by atoms with Crippen molar-refractivity contribution in [2.45, 2.75) is 26.9 Å². The van der Waals surface area contributed by atoms with Gasteiger partial charge in [-0.3, -0.25) is 9.48 Å². The van der Waals surface area contributed by atoms with E-state index in [0.29, 0.717) is 24.3 Å². The minimum absolute atomic E-state index is 0.242. The Morgan fingerprint density at radius 1 is 1.14 bits per heavy atom. The van der Waals surface area contributed by atoms with Crippen molar-refractivity contribution in [2.75, 3.05) is 13.7 Å². The van der Waals surface area contributed by atoms with Crippen LogP contribution >= 0.6 is 11.3 Å². The molecule has 0 fully saturated rings. The van der Waals surface area contributed by atoms with Gasteiger partial charge in [0.05, 0.1) is 24.5 Å². The second-order valence-electron chi connectivity index (χ2n) is 6.59. The zero-order valence-corrected chi connectivity index (χ0v) is 17.0. The van der Waals surface area contributed by atoms with Crippen molar-refractivity contribution >= 4 is 23.2 Å². The molecule has 3 rings (SSSR count). The minimum Gasteiger partial charge on any atom is -0.452 e. The number of carbonyl (C=O) groups is 2. The van der Waals surface area contributed by atoms with Gasteiger partial charge in [0, 0.05) is 11.9 Å². The molecule has 0 atom stereocenters. The van der Waals surface area contributed by atoms with E-state index in [-0.39, 0.29) is 12.5 Å². The van der Waals surface area contributed by atoms with E-state index in [0.717, 1.165) is 16.1 Å². The van der Waals surface area contributed by atoms with E-state index in [2.05, 4.69) is 5.10 Å². The van der Waals surface area contributed by atoms with Crippen LogP contribution in [-0.2, 0) is 22.6 Å². The quantitative estimate of drug-likeness (QED) is 0.573. The molecule has 1 aromatic carbocycles. The van der Waals surface area contributed by atoms with E-state index < -0.39 is 5.97 Å². The van der Waals surface area contributed by atoms with E-state index in [1.165, 1.54) is 0 Å². The predicted octanol–water partition coefficient (Wildman–Crippen LogP) is 3.43. The van der Waals surface area contributed by atoms with Gasteiger partial charge < -0.3 is 9.64 Å². The molecule has 2 heterocycles. The molecule has 0 aliphatic carbocycles. The zero-order valence-electron chi connectivity index (χ0n) is 16.2. The summed E-state index contributed by atoms with van der Waals surface area (Å²) in [5.41, 5.74) is 2.84. The molecule has 0 unspecified atom stereocenters. The van der Waals surface area contributed by atoms with Gasteiger partial charge in [-0.25, -0.2) is 4.79 Å². The minimum atomic E-state index is -0.521. The number of carbonyl (C=O) groups excluding carboxylic acids is 2. The number of hydrogen-bond donors (Lipinski definition) is 0. The van der Waals surface area contributed by atoms with E-state index >= 15 is 0 Å². The third kappa shape index (κ3) is 4.67. The fourth-order valence-electron chi connectivity index (χ4n) is 2.94. The van der Waals surface area contributed by atoms with E-state index in [1.807, 2.05) is 54.8 Å². The largest absolute Gasteiger partial charge is 0.452 e. The third-order valence-corrected chi connectivity index (χ3v) is 5.35. The number of aryl methyl sites for hydroxylation is 1. The topological polar surface area (TPSA) is 64.4 Å². The highest BCUT2D eigenvalue weighted by molar-refractivity contribution is 7.09. The Balaban J connectivity index is 1.61. The first-order valence-electron chi connectivity index (χ1n) is 8.97. The fraction of sp³-hybridized carbons (Fsp3) is 0.286. The maximum absolute atomic E-state index is 12.6. The highest BCUT2D eigenvalue weighted by atomic mass is 32.1. The summed E-state index contributed by atoms with van der Waals surface area (Å²) in [6.07, 6.45) is 0. The first-order chi connectivity index (χ1) is 13.5. The van der Waals surface area contributed by atoms with Crippen LogP contribution in [0, 0.1) is 13.8 Å². The van der Waals surface area contributed by atoms with Crippen LogP contribution in [0.5, 0.6) is 0 Å². The molecule has 6 nitrogen and oxygen atoms in total. The molecule has 3 aromatic rings. The molecule has 0 aliphatic heterocycles. The number of esters is 1. The number of hydrogen-bond acceptors (Lipinski definition) is 5. The lowest BCUT2D eigenvalue weighted by Crippen LogP contribution is -2.30. The predicted molar refractivity (Wildman–Crippen MR) is 108 cm³/mol. The molecule has 28 heavy (non-hydrogen) atoms. The van der Waals surface area contributed by atoms with Crippen molar-refractivity contribution in [1.82, 2.24) is 14.7 Å². The number of aromatic nitrogens is 2. The maximum Gasteiger partial charge on any atom is 0.342 e. The Morgan fingerprint density at radius 3 is 2.57 bits per heavy atom. The third-order valence-electron chi connectivity index (χ3n) is 4.49. The summed E-state index contributed by atoms with van der Waals surface area (Å²) in [6, 6.07) is 13.8. The Morgan fingerprint density at radius 2 is 1.89 bits per heavy atom. The van der Waals surface area contributed by atoms with Gasteiger partial charge >= 0.3 is 5.97 Å². The van der Waals surface area contributed by atoms with Crippen molar-refractivity contribution in [3.63, 3.8) is 0 Å². The normalized spacial score (nSPS) is 10.7. The molecular formula is C21H23N3O3S. The lowest BCUT2D eigenvalue weighted by Gasteiger charge is -2.16. The highest BCUT2D eigenvalue weighted by Crippen LogP contribution is 2.16. The van der Waals surface area contributed by atoms with Gasteiger partial charge in [0.2, 0.25) is 0 Å². The van der Waals surface area contributed by atoms with Gasteiger partial charge in [-0.15, -0.1) is 11.3 Å². The van der Waals surface area contributed by atoms with Gasteiger partial charge in [-0.05, 0) is 30.9 Å². The molecule has 0 radical (unpaired) electrons. The number of benzene rings is 1. The standard InChI is InChI=1S/C21H23N3O3S/c1-15-20(16(2)24(22-15)12-17-8-5-4-6-9-17)21(26)27-14-19(25)23(3)13-18-10-7-11-28-18/h4-11H,12-14H2,1-3H3.